The van der Waals surface area contributed by atoms with Crippen LogP contribution in [0.25, 0.3) is 0 Å². The minimum absolute atomic E-state index is 0.0422. The van der Waals surface area contributed by atoms with Crippen LogP contribution >= 0.6 is 0 Å². The molecule has 23 heavy (non-hydrogen) atoms. The van der Waals surface area contributed by atoms with Gasteiger partial charge < -0.3 is 14.9 Å². The quantitative estimate of drug-likeness (QED) is 0.647. The molecular weight excluding hydrogens is 302 g/mol. The fourth-order valence-electron chi connectivity index (χ4n) is 1.46. The van der Waals surface area contributed by atoms with Crippen LogP contribution in [0.4, 0.5) is 5.69 Å². The number of ether oxygens (including phenoxy) is 1. The Hall–Kier alpha value is -2.93. The first-order valence-corrected chi connectivity index (χ1v) is 6.74. The molecule has 0 bridgehead atoms. The number of rotatable bonds is 5. The van der Waals surface area contributed by atoms with E-state index >= 15 is 0 Å². The Morgan fingerprint density at radius 2 is 1.74 bits per heavy atom. The third-order valence-electron chi connectivity index (χ3n) is 2.56. The molecule has 1 unspecified atom stereocenters. The van der Waals surface area contributed by atoms with Crippen molar-refractivity contribution >= 4 is 11.7 Å². The summed E-state index contributed by atoms with van der Waals surface area (Å²) in [6, 6.07) is 14.2. The predicted octanol–water partition coefficient (Wildman–Crippen LogP) is 2.74. The average Bonchev–Trinajstić information content (AvgIpc) is 2.54. The van der Waals surface area contributed by atoms with E-state index in [9.17, 15) is 14.9 Å². The van der Waals surface area contributed by atoms with E-state index in [0.717, 1.165) is 17.9 Å². The number of aromatic carboxylic acids is 1. The lowest BCUT2D eigenvalue weighted by Crippen LogP contribution is -2.12. The molecule has 2 aromatic rings. The third kappa shape index (κ3) is 7.05. The molecule has 0 radical (unpaired) electrons. The molecule has 0 aliphatic rings. The number of para-hydroxylation sites is 1. The second-order valence-corrected chi connectivity index (χ2v) is 4.58. The van der Waals surface area contributed by atoms with Gasteiger partial charge in [0, 0.05) is 12.1 Å². The van der Waals surface area contributed by atoms with Gasteiger partial charge in [-0.2, -0.15) is 0 Å². The summed E-state index contributed by atoms with van der Waals surface area (Å²) in [6.07, 6.45) is -0.407. The van der Waals surface area contributed by atoms with Crippen LogP contribution < -0.4 is 4.74 Å². The molecule has 122 valence electrons. The number of carboxylic acids is 1. The molecule has 2 N–H and O–H groups in total. The van der Waals surface area contributed by atoms with Crippen LogP contribution in [0.15, 0.2) is 54.6 Å². The van der Waals surface area contributed by atoms with Crippen molar-refractivity contribution in [1.29, 1.82) is 0 Å². The Kier molecular flexibility index (Phi) is 7.22. The van der Waals surface area contributed by atoms with E-state index in [0.29, 0.717) is 6.61 Å². The van der Waals surface area contributed by atoms with E-state index in [4.69, 9.17) is 14.9 Å². The van der Waals surface area contributed by atoms with E-state index in [1.54, 1.807) is 6.92 Å². The lowest BCUT2D eigenvalue weighted by atomic mass is 10.2. The van der Waals surface area contributed by atoms with Crippen LogP contribution in [0, 0.1) is 10.1 Å². The number of aliphatic hydroxyl groups is 1. The molecule has 0 saturated carbocycles. The Labute approximate surface area is 132 Å². The topological polar surface area (TPSA) is 110 Å². The summed E-state index contributed by atoms with van der Waals surface area (Å²) in [7, 11) is 0. The Morgan fingerprint density at radius 1 is 1.17 bits per heavy atom. The number of nitrogens with zero attached hydrogens (tertiary/aromatic N) is 1. The number of carboxylic acid groups (broad SMARTS) is 1. The van der Waals surface area contributed by atoms with E-state index in [1.165, 1.54) is 12.1 Å². The van der Waals surface area contributed by atoms with Gasteiger partial charge in [0.05, 0.1) is 16.6 Å². The van der Waals surface area contributed by atoms with Crippen molar-refractivity contribution in [1.82, 2.24) is 0 Å². The number of benzene rings is 2. The number of nitro groups is 1. The minimum Gasteiger partial charge on any atom is -0.491 e. The van der Waals surface area contributed by atoms with Crippen molar-refractivity contribution in [2.45, 2.75) is 13.0 Å². The zero-order chi connectivity index (χ0) is 17.2. The monoisotopic (exact) mass is 319 g/mol. The van der Waals surface area contributed by atoms with E-state index in [2.05, 4.69) is 0 Å². The molecule has 0 aromatic heterocycles. The number of aliphatic hydroxyl groups excluding tert-OH is 1. The Morgan fingerprint density at radius 3 is 2.17 bits per heavy atom. The van der Waals surface area contributed by atoms with Crippen LogP contribution in [0.1, 0.15) is 17.3 Å². The van der Waals surface area contributed by atoms with Gasteiger partial charge >= 0.3 is 5.97 Å². The van der Waals surface area contributed by atoms with Crippen molar-refractivity contribution < 1.29 is 24.7 Å². The molecule has 0 amide bonds. The largest absolute Gasteiger partial charge is 0.491 e. The van der Waals surface area contributed by atoms with E-state index < -0.39 is 17.0 Å². The number of hydrogen-bond donors (Lipinski definition) is 2. The summed E-state index contributed by atoms with van der Waals surface area (Å²) in [6.45, 7) is 2.05. The molecule has 0 spiro atoms. The summed E-state index contributed by atoms with van der Waals surface area (Å²) in [5, 5.41) is 27.5. The highest BCUT2D eigenvalue weighted by atomic mass is 16.6. The molecule has 0 saturated heterocycles. The molecule has 2 rings (SSSR count). The van der Waals surface area contributed by atoms with Gasteiger partial charge in [-0.1, -0.05) is 18.2 Å². The maximum absolute atomic E-state index is 10.3. The summed E-state index contributed by atoms with van der Waals surface area (Å²) in [4.78, 5) is 19.9. The standard InChI is InChI=1S/C9H12O2.C7H5NO4/c1-8(10)7-11-9-5-3-2-4-6-9;9-7(10)5-1-3-6(4-2-5)8(11)12/h2-6,8,10H,7H2,1H3;1-4H,(H,9,10). The number of non-ortho nitro benzene ring substituents is 1. The first-order chi connectivity index (χ1) is 10.9. The van der Waals surface area contributed by atoms with Crippen molar-refractivity contribution in [2.24, 2.45) is 0 Å². The number of carbonyl (C=O) groups is 1. The number of hydrogen-bond acceptors (Lipinski definition) is 5. The van der Waals surface area contributed by atoms with Crippen LogP contribution in [-0.4, -0.2) is 33.8 Å². The molecule has 1 atom stereocenters. The number of nitro benzene ring substituents is 1. The second kappa shape index (κ2) is 9.16. The van der Waals surface area contributed by atoms with Crippen LogP contribution in [0.2, 0.25) is 0 Å². The van der Waals surface area contributed by atoms with Gasteiger partial charge in [-0.25, -0.2) is 4.79 Å². The fraction of sp³-hybridized carbons (Fsp3) is 0.188. The predicted molar refractivity (Wildman–Crippen MR) is 83.7 cm³/mol. The van der Waals surface area contributed by atoms with Gasteiger partial charge in [-0.3, -0.25) is 10.1 Å². The van der Waals surface area contributed by atoms with Crippen LogP contribution in [0.3, 0.4) is 0 Å². The van der Waals surface area contributed by atoms with E-state index in [1.807, 2.05) is 30.3 Å². The van der Waals surface area contributed by atoms with Crippen molar-refractivity contribution in [3.8, 4) is 5.75 Å². The second-order valence-electron chi connectivity index (χ2n) is 4.58. The van der Waals surface area contributed by atoms with Gasteiger partial charge in [0.2, 0.25) is 0 Å². The molecular formula is C16H17NO6. The molecule has 2 aromatic carbocycles. The molecule has 0 aliphatic heterocycles. The van der Waals surface area contributed by atoms with Crippen molar-refractivity contribution in [2.75, 3.05) is 6.61 Å². The fourth-order valence-corrected chi connectivity index (χ4v) is 1.46. The highest BCUT2D eigenvalue weighted by Crippen LogP contribution is 2.11. The van der Waals surface area contributed by atoms with Gasteiger partial charge in [0.1, 0.15) is 12.4 Å². The van der Waals surface area contributed by atoms with Gasteiger partial charge in [-0.05, 0) is 31.2 Å². The molecule has 7 heteroatoms. The van der Waals surface area contributed by atoms with Crippen molar-refractivity contribution in [3.63, 3.8) is 0 Å². The SMILES string of the molecule is CC(O)COc1ccccc1.O=C(O)c1ccc([N+](=O)[O-])cc1. The lowest BCUT2D eigenvalue weighted by Gasteiger charge is -2.06. The maximum atomic E-state index is 10.3. The normalized spacial score (nSPS) is 10.9. The Balaban J connectivity index is 0.000000231. The molecule has 0 aliphatic carbocycles. The highest BCUT2D eigenvalue weighted by Gasteiger charge is 2.06. The smallest absolute Gasteiger partial charge is 0.335 e. The summed E-state index contributed by atoms with van der Waals surface area (Å²) in [5.41, 5.74) is -0.0689. The lowest BCUT2D eigenvalue weighted by molar-refractivity contribution is -0.384. The van der Waals surface area contributed by atoms with Crippen LogP contribution in [-0.2, 0) is 0 Å². The highest BCUT2D eigenvalue weighted by molar-refractivity contribution is 5.87. The van der Waals surface area contributed by atoms with E-state index in [-0.39, 0.29) is 11.3 Å². The van der Waals surface area contributed by atoms with Crippen LogP contribution in [0.5, 0.6) is 5.75 Å². The van der Waals surface area contributed by atoms with Gasteiger partial charge in [0.15, 0.2) is 0 Å². The van der Waals surface area contributed by atoms with Gasteiger partial charge in [-0.15, -0.1) is 0 Å². The summed E-state index contributed by atoms with van der Waals surface area (Å²) < 4.78 is 5.22. The first kappa shape index (κ1) is 18.1. The maximum Gasteiger partial charge on any atom is 0.335 e. The minimum atomic E-state index is -1.09. The van der Waals surface area contributed by atoms with Crippen molar-refractivity contribution in [3.05, 3.63) is 70.3 Å². The molecule has 7 nitrogen and oxygen atoms in total. The zero-order valence-electron chi connectivity index (χ0n) is 12.5. The third-order valence-corrected chi connectivity index (χ3v) is 2.56. The summed E-state index contributed by atoms with van der Waals surface area (Å²) >= 11 is 0. The van der Waals surface area contributed by atoms with Gasteiger partial charge in [0.25, 0.3) is 5.69 Å². The molecule has 0 heterocycles. The average molecular weight is 319 g/mol. The first-order valence-electron chi connectivity index (χ1n) is 6.74. The Bertz CT molecular complexity index is 592. The molecule has 0 fully saturated rings. The summed E-state index contributed by atoms with van der Waals surface area (Å²) in [5.74, 6) is -0.293. The zero-order valence-corrected chi connectivity index (χ0v) is 12.5.